The Labute approximate surface area is 144 Å². The molecule has 25 heavy (non-hydrogen) atoms. The van der Waals surface area contributed by atoms with Crippen molar-refractivity contribution in [2.45, 2.75) is 32.4 Å². The molecule has 130 valence electrons. The van der Waals surface area contributed by atoms with Crippen molar-refractivity contribution < 1.29 is 14.4 Å². The molecule has 2 heterocycles. The van der Waals surface area contributed by atoms with E-state index in [1.807, 2.05) is 13.8 Å². The summed E-state index contributed by atoms with van der Waals surface area (Å²) < 4.78 is 1.67. The molecule has 8 nitrogen and oxygen atoms in total. The Bertz CT molecular complexity index is 827. The maximum absolute atomic E-state index is 12.3. The van der Waals surface area contributed by atoms with E-state index in [0.29, 0.717) is 17.1 Å². The van der Waals surface area contributed by atoms with E-state index in [1.54, 1.807) is 41.2 Å². The third-order valence-corrected chi connectivity index (χ3v) is 3.87. The van der Waals surface area contributed by atoms with Gasteiger partial charge in [0.1, 0.15) is 11.9 Å². The second-order valence-corrected chi connectivity index (χ2v) is 6.07. The number of nitrogens with one attached hydrogen (secondary N) is 3. The van der Waals surface area contributed by atoms with Crippen LogP contribution in [0.25, 0.3) is 0 Å². The Morgan fingerprint density at radius 2 is 2.04 bits per heavy atom. The molecule has 1 aliphatic heterocycles. The lowest BCUT2D eigenvalue weighted by Gasteiger charge is -2.15. The summed E-state index contributed by atoms with van der Waals surface area (Å²) in [7, 11) is 0. The lowest BCUT2D eigenvalue weighted by atomic mass is 10.1. The Hall–Kier alpha value is -3.16. The van der Waals surface area contributed by atoms with Gasteiger partial charge in [-0.3, -0.25) is 14.4 Å². The Balaban J connectivity index is 1.70. The molecule has 0 saturated carbocycles. The van der Waals surface area contributed by atoms with Crippen LogP contribution in [0.1, 0.15) is 36.7 Å². The maximum Gasteiger partial charge on any atom is 0.254 e. The molecule has 3 amide bonds. The van der Waals surface area contributed by atoms with Gasteiger partial charge >= 0.3 is 0 Å². The van der Waals surface area contributed by atoms with Gasteiger partial charge in [-0.2, -0.15) is 5.10 Å². The minimum absolute atomic E-state index is 0.0840. The quantitative estimate of drug-likeness (QED) is 0.784. The molecule has 0 radical (unpaired) electrons. The summed E-state index contributed by atoms with van der Waals surface area (Å²) in [4.78, 5) is 36.9. The topological polar surface area (TPSA) is 105 Å². The molecule has 8 heteroatoms. The van der Waals surface area contributed by atoms with E-state index in [4.69, 9.17) is 0 Å². The Morgan fingerprint density at radius 1 is 1.28 bits per heavy atom. The van der Waals surface area contributed by atoms with E-state index in [-0.39, 0.29) is 24.3 Å². The van der Waals surface area contributed by atoms with Crippen LogP contribution in [0.15, 0.2) is 36.5 Å². The molecule has 1 aromatic carbocycles. The van der Waals surface area contributed by atoms with Crippen LogP contribution in [0.3, 0.4) is 0 Å². The number of hydrogen-bond donors (Lipinski definition) is 3. The zero-order valence-electron chi connectivity index (χ0n) is 13.9. The minimum atomic E-state index is -0.949. The average molecular weight is 341 g/mol. The molecule has 0 aliphatic carbocycles. The molecule has 0 bridgehead atoms. The normalized spacial score (nSPS) is 16.7. The molecule has 0 fully saturated rings. The number of aromatic nitrogens is 2. The second-order valence-electron chi connectivity index (χ2n) is 6.07. The van der Waals surface area contributed by atoms with Crippen molar-refractivity contribution in [3.63, 3.8) is 0 Å². The van der Waals surface area contributed by atoms with Crippen LogP contribution < -0.4 is 16.0 Å². The zero-order chi connectivity index (χ0) is 18.0. The van der Waals surface area contributed by atoms with Crippen molar-refractivity contribution in [1.29, 1.82) is 0 Å². The van der Waals surface area contributed by atoms with Crippen LogP contribution in [0.2, 0.25) is 0 Å². The molecule has 2 aromatic rings. The predicted molar refractivity (Wildman–Crippen MR) is 92.2 cm³/mol. The highest BCUT2D eigenvalue weighted by molar-refractivity contribution is 6.11. The fourth-order valence-corrected chi connectivity index (χ4v) is 2.66. The summed E-state index contributed by atoms with van der Waals surface area (Å²) in [5.41, 5.74) is 0.808. The number of benzene rings is 1. The van der Waals surface area contributed by atoms with Crippen molar-refractivity contribution in [3.05, 3.63) is 42.1 Å². The fraction of sp³-hybridized carbons (Fsp3) is 0.294. The van der Waals surface area contributed by atoms with E-state index in [1.165, 1.54) is 0 Å². The van der Waals surface area contributed by atoms with E-state index in [9.17, 15) is 14.4 Å². The number of amides is 3. The van der Waals surface area contributed by atoms with Gasteiger partial charge in [0.15, 0.2) is 0 Å². The van der Waals surface area contributed by atoms with Gasteiger partial charge in [-0.1, -0.05) is 12.1 Å². The average Bonchev–Trinajstić information content (AvgIpc) is 2.98. The lowest BCUT2D eigenvalue weighted by molar-refractivity contribution is -0.122. The summed E-state index contributed by atoms with van der Waals surface area (Å²) >= 11 is 0. The van der Waals surface area contributed by atoms with Crippen LogP contribution in [-0.4, -0.2) is 33.5 Å². The first kappa shape index (κ1) is 16.7. The molecule has 0 spiro atoms. The molecule has 0 saturated heterocycles. The fourth-order valence-electron chi connectivity index (χ4n) is 2.66. The number of anilines is 2. The first-order valence-corrected chi connectivity index (χ1v) is 8.00. The van der Waals surface area contributed by atoms with E-state index < -0.39 is 11.9 Å². The highest BCUT2D eigenvalue weighted by Gasteiger charge is 2.29. The first-order chi connectivity index (χ1) is 12.0. The molecular formula is C17H19N5O3. The molecule has 1 atom stereocenters. The highest BCUT2D eigenvalue weighted by Crippen LogP contribution is 2.19. The zero-order valence-corrected chi connectivity index (χ0v) is 13.9. The SMILES string of the molecule is CC(C)n1nccc1NC(=O)CC1NC(=O)c2ccccc2NC1=O. The standard InChI is InChI=1S/C17H19N5O3/c1-10(2)22-14(7-8-18-22)21-15(23)9-13-17(25)19-12-6-4-3-5-11(12)16(24)20-13/h3-8,10,13H,9H2,1-2H3,(H,19,25)(H,20,24)(H,21,23). The van der Waals surface area contributed by atoms with E-state index >= 15 is 0 Å². The summed E-state index contributed by atoms with van der Waals surface area (Å²) in [6.07, 6.45) is 1.42. The van der Waals surface area contributed by atoms with Gasteiger partial charge < -0.3 is 16.0 Å². The monoisotopic (exact) mass is 341 g/mol. The Morgan fingerprint density at radius 3 is 2.80 bits per heavy atom. The van der Waals surface area contributed by atoms with Crippen molar-refractivity contribution >= 4 is 29.2 Å². The predicted octanol–water partition coefficient (Wildman–Crippen LogP) is 1.54. The number of carbonyl (C=O) groups excluding carboxylic acids is 3. The van der Waals surface area contributed by atoms with Gasteiger partial charge in [0.2, 0.25) is 11.8 Å². The number of fused-ring (bicyclic) bond motifs is 1. The van der Waals surface area contributed by atoms with Gasteiger partial charge in [-0.25, -0.2) is 4.68 Å². The third kappa shape index (κ3) is 3.52. The molecule has 3 N–H and O–H groups in total. The van der Waals surface area contributed by atoms with Gasteiger partial charge in [-0.05, 0) is 26.0 Å². The molecule has 1 unspecified atom stereocenters. The smallest absolute Gasteiger partial charge is 0.254 e. The summed E-state index contributed by atoms with van der Waals surface area (Å²) in [5.74, 6) is -0.651. The van der Waals surface area contributed by atoms with Crippen LogP contribution in [-0.2, 0) is 9.59 Å². The molecular weight excluding hydrogens is 322 g/mol. The van der Waals surface area contributed by atoms with Crippen molar-refractivity contribution in [3.8, 4) is 0 Å². The molecule has 3 rings (SSSR count). The Kier molecular flexibility index (Phi) is 4.51. The molecule has 1 aromatic heterocycles. The number of rotatable bonds is 4. The van der Waals surface area contributed by atoms with Crippen LogP contribution >= 0.6 is 0 Å². The number of nitrogens with zero attached hydrogens (tertiary/aromatic N) is 2. The lowest BCUT2D eigenvalue weighted by Crippen LogP contribution is -2.43. The molecule has 1 aliphatic rings. The summed E-state index contributed by atoms with van der Waals surface area (Å²) in [6.45, 7) is 3.89. The largest absolute Gasteiger partial charge is 0.340 e. The van der Waals surface area contributed by atoms with Crippen molar-refractivity contribution in [1.82, 2.24) is 15.1 Å². The number of para-hydroxylation sites is 1. The number of carbonyl (C=O) groups is 3. The van der Waals surface area contributed by atoms with Gasteiger partial charge in [0.05, 0.1) is 23.9 Å². The van der Waals surface area contributed by atoms with Crippen LogP contribution in [0, 0.1) is 0 Å². The summed E-state index contributed by atoms with van der Waals surface area (Å²) in [5, 5.41) is 12.1. The third-order valence-electron chi connectivity index (χ3n) is 3.87. The van der Waals surface area contributed by atoms with E-state index in [2.05, 4.69) is 21.0 Å². The van der Waals surface area contributed by atoms with Gasteiger partial charge in [0.25, 0.3) is 5.91 Å². The van der Waals surface area contributed by atoms with Gasteiger partial charge in [-0.15, -0.1) is 0 Å². The minimum Gasteiger partial charge on any atom is -0.340 e. The highest BCUT2D eigenvalue weighted by atomic mass is 16.2. The second kappa shape index (κ2) is 6.76. The van der Waals surface area contributed by atoms with Crippen LogP contribution in [0.4, 0.5) is 11.5 Å². The first-order valence-electron chi connectivity index (χ1n) is 8.00. The van der Waals surface area contributed by atoms with E-state index in [0.717, 1.165) is 0 Å². The summed E-state index contributed by atoms with van der Waals surface area (Å²) in [6, 6.07) is 7.53. The van der Waals surface area contributed by atoms with Crippen molar-refractivity contribution in [2.75, 3.05) is 10.6 Å². The van der Waals surface area contributed by atoms with Gasteiger partial charge in [0, 0.05) is 12.1 Å². The van der Waals surface area contributed by atoms with Crippen molar-refractivity contribution in [2.24, 2.45) is 0 Å². The maximum atomic E-state index is 12.3. The van der Waals surface area contributed by atoms with Crippen LogP contribution in [0.5, 0.6) is 0 Å². The number of hydrogen-bond acceptors (Lipinski definition) is 4.